The van der Waals surface area contributed by atoms with E-state index in [-0.39, 0.29) is 12.0 Å². The minimum atomic E-state index is -0.269. The Bertz CT molecular complexity index is 293. The van der Waals surface area contributed by atoms with E-state index in [4.69, 9.17) is 4.74 Å². The van der Waals surface area contributed by atoms with Crippen molar-refractivity contribution in [1.82, 2.24) is 4.90 Å². The fourth-order valence-corrected chi connectivity index (χ4v) is 3.37. The number of hydrogen-bond donors (Lipinski definition) is 0. The Labute approximate surface area is 117 Å². The van der Waals surface area contributed by atoms with Crippen LogP contribution in [-0.2, 0) is 9.53 Å². The number of hydrogen-bond acceptors (Lipinski definition) is 2. The van der Waals surface area contributed by atoms with Gasteiger partial charge in [-0.15, -0.1) is 0 Å². The maximum atomic E-state index is 12.6. The van der Waals surface area contributed by atoms with Gasteiger partial charge in [0.05, 0.1) is 0 Å². The van der Waals surface area contributed by atoms with Crippen LogP contribution < -0.4 is 0 Å². The molecule has 0 spiro atoms. The normalized spacial score (nSPS) is 29.0. The van der Waals surface area contributed by atoms with Crippen LogP contribution >= 0.6 is 0 Å². The first-order chi connectivity index (χ1) is 9.17. The minimum Gasteiger partial charge on any atom is -0.369 e. The summed E-state index contributed by atoms with van der Waals surface area (Å²) in [5, 5.41) is 0. The Kier molecular flexibility index (Phi) is 5.26. The standard InChI is InChI=1S/C16H29NO2/c1-4-13-6-8-14(9-7-13)17(15-10-11-15)16(18)12(3)19-5-2/h12-15H,4-11H2,1-3H3. The molecule has 0 N–H and O–H groups in total. The smallest absolute Gasteiger partial charge is 0.251 e. The lowest BCUT2D eigenvalue weighted by molar-refractivity contribution is -0.146. The highest BCUT2D eigenvalue weighted by Gasteiger charge is 2.40. The molecule has 110 valence electrons. The summed E-state index contributed by atoms with van der Waals surface area (Å²) in [6, 6.07) is 0.990. The summed E-state index contributed by atoms with van der Waals surface area (Å²) < 4.78 is 5.50. The first-order valence-electron chi connectivity index (χ1n) is 8.11. The number of rotatable bonds is 6. The van der Waals surface area contributed by atoms with E-state index in [9.17, 15) is 4.79 Å². The topological polar surface area (TPSA) is 29.5 Å². The van der Waals surface area contributed by atoms with E-state index in [1.807, 2.05) is 13.8 Å². The van der Waals surface area contributed by atoms with Crippen molar-refractivity contribution in [2.45, 2.75) is 83.9 Å². The number of ether oxygens (including phenoxy) is 1. The van der Waals surface area contributed by atoms with Crippen molar-refractivity contribution in [2.75, 3.05) is 6.61 Å². The van der Waals surface area contributed by atoms with Crippen LogP contribution in [0, 0.1) is 5.92 Å². The summed E-state index contributed by atoms with van der Waals surface area (Å²) in [4.78, 5) is 14.8. The van der Waals surface area contributed by atoms with E-state index in [2.05, 4.69) is 11.8 Å². The number of carbonyl (C=O) groups excluding carboxylic acids is 1. The Morgan fingerprint density at radius 3 is 2.05 bits per heavy atom. The molecule has 0 saturated heterocycles. The second kappa shape index (κ2) is 6.74. The Balaban J connectivity index is 1.94. The van der Waals surface area contributed by atoms with Crippen LogP contribution in [0.2, 0.25) is 0 Å². The van der Waals surface area contributed by atoms with Gasteiger partial charge in [0, 0.05) is 18.7 Å². The molecule has 1 atom stereocenters. The molecule has 0 aromatic carbocycles. The molecular weight excluding hydrogens is 238 g/mol. The van der Waals surface area contributed by atoms with Crippen molar-refractivity contribution in [3.05, 3.63) is 0 Å². The molecule has 1 unspecified atom stereocenters. The van der Waals surface area contributed by atoms with Gasteiger partial charge in [-0.25, -0.2) is 0 Å². The first-order valence-corrected chi connectivity index (χ1v) is 8.11. The summed E-state index contributed by atoms with van der Waals surface area (Å²) in [5.74, 6) is 1.11. The van der Waals surface area contributed by atoms with Gasteiger partial charge >= 0.3 is 0 Å². The van der Waals surface area contributed by atoms with Crippen molar-refractivity contribution in [2.24, 2.45) is 5.92 Å². The monoisotopic (exact) mass is 267 g/mol. The van der Waals surface area contributed by atoms with Gasteiger partial charge in [-0.05, 0) is 58.3 Å². The summed E-state index contributed by atoms with van der Waals surface area (Å²) in [7, 11) is 0. The zero-order chi connectivity index (χ0) is 13.8. The Morgan fingerprint density at radius 1 is 1.11 bits per heavy atom. The van der Waals surface area contributed by atoms with Crippen molar-refractivity contribution in [1.29, 1.82) is 0 Å². The third-order valence-electron chi connectivity index (χ3n) is 4.75. The fraction of sp³-hybridized carbons (Fsp3) is 0.938. The molecule has 2 aliphatic rings. The molecule has 2 fully saturated rings. The van der Waals surface area contributed by atoms with Crippen LogP contribution in [-0.4, -0.2) is 35.6 Å². The molecule has 2 saturated carbocycles. The zero-order valence-electron chi connectivity index (χ0n) is 12.7. The van der Waals surface area contributed by atoms with E-state index < -0.39 is 0 Å². The molecule has 2 aliphatic carbocycles. The lowest BCUT2D eigenvalue weighted by atomic mass is 9.83. The summed E-state index contributed by atoms with van der Waals surface area (Å²) in [6.45, 7) is 6.76. The van der Waals surface area contributed by atoms with Gasteiger partial charge in [-0.2, -0.15) is 0 Å². The summed E-state index contributed by atoms with van der Waals surface area (Å²) in [6.07, 6.45) is 8.38. The molecule has 0 heterocycles. The van der Waals surface area contributed by atoms with Crippen LogP contribution in [0.4, 0.5) is 0 Å². The third-order valence-corrected chi connectivity index (χ3v) is 4.75. The highest BCUT2D eigenvalue weighted by atomic mass is 16.5. The van der Waals surface area contributed by atoms with Gasteiger partial charge in [0.25, 0.3) is 5.91 Å². The van der Waals surface area contributed by atoms with Crippen molar-refractivity contribution in [3.63, 3.8) is 0 Å². The van der Waals surface area contributed by atoms with Crippen LogP contribution in [0.25, 0.3) is 0 Å². The molecule has 0 radical (unpaired) electrons. The number of nitrogens with zero attached hydrogens (tertiary/aromatic N) is 1. The second-order valence-electron chi connectivity index (χ2n) is 6.16. The van der Waals surface area contributed by atoms with Gasteiger partial charge in [-0.3, -0.25) is 4.79 Å². The summed E-state index contributed by atoms with van der Waals surface area (Å²) in [5.41, 5.74) is 0. The van der Waals surface area contributed by atoms with E-state index >= 15 is 0 Å². The maximum Gasteiger partial charge on any atom is 0.251 e. The highest BCUT2D eigenvalue weighted by Crippen LogP contribution is 2.36. The predicted octanol–water partition coefficient (Wildman–Crippen LogP) is 3.37. The van der Waals surface area contributed by atoms with Crippen molar-refractivity contribution >= 4 is 5.91 Å². The summed E-state index contributed by atoms with van der Waals surface area (Å²) >= 11 is 0. The lowest BCUT2D eigenvalue weighted by Gasteiger charge is -2.38. The molecule has 2 rings (SSSR count). The van der Waals surface area contributed by atoms with Crippen LogP contribution in [0.3, 0.4) is 0 Å². The SMILES string of the molecule is CCOC(C)C(=O)N(C1CCC(CC)CC1)C1CC1. The molecule has 0 aromatic heterocycles. The van der Waals surface area contributed by atoms with E-state index in [1.165, 1.54) is 44.9 Å². The van der Waals surface area contributed by atoms with Gasteiger partial charge in [0.1, 0.15) is 6.10 Å². The highest BCUT2D eigenvalue weighted by molar-refractivity contribution is 5.81. The molecule has 0 aromatic rings. The average Bonchev–Trinajstić information content (AvgIpc) is 3.24. The molecule has 3 nitrogen and oxygen atoms in total. The largest absolute Gasteiger partial charge is 0.369 e. The average molecular weight is 267 g/mol. The fourth-order valence-electron chi connectivity index (χ4n) is 3.37. The van der Waals surface area contributed by atoms with E-state index in [0.717, 1.165) is 5.92 Å². The lowest BCUT2D eigenvalue weighted by Crippen LogP contribution is -2.48. The quantitative estimate of drug-likeness (QED) is 0.738. The van der Waals surface area contributed by atoms with Crippen molar-refractivity contribution in [3.8, 4) is 0 Å². The number of amides is 1. The predicted molar refractivity (Wildman–Crippen MR) is 77.0 cm³/mol. The van der Waals surface area contributed by atoms with Gasteiger partial charge < -0.3 is 9.64 Å². The van der Waals surface area contributed by atoms with Gasteiger partial charge in [0.2, 0.25) is 0 Å². The van der Waals surface area contributed by atoms with Crippen LogP contribution in [0.1, 0.15) is 65.7 Å². The van der Waals surface area contributed by atoms with Crippen LogP contribution in [0.15, 0.2) is 0 Å². The Morgan fingerprint density at radius 2 is 1.63 bits per heavy atom. The molecule has 0 aliphatic heterocycles. The molecule has 0 bridgehead atoms. The Hall–Kier alpha value is -0.570. The molecule has 19 heavy (non-hydrogen) atoms. The zero-order valence-corrected chi connectivity index (χ0v) is 12.7. The van der Waals surface area contributed by atoms with Gasteiger partial charge in [-0.1, -0.05) is 13.3 Å². The third kappa shape index (κ3) is 3.71. The minimum absolute atomic E-state index is 0.226. The maximum absolute atomic E-state index is 12.6. The van der Waals surface area contributed by atoms with E-state index in [0.29, 0.717) is 18.7 Å². The molecule has 3 heteroatoms. The van der Waals surface area contributed by atoms with Crippen LogP contribution in [0.5, 0.6) is 0 Å². The molecular formula is C16H29NO2. The first kappa shape index (κ1) is 14.8. The molecule has 1 amide bonds. The van der Waals surface area contributed by atoms with Gasteiger partial charge in [0.15, 0.2) is 0 Å². The second-order valence-corrected chi connectivity index (χ2v) is 6.16. The number of carbonyl (C=O) groups is 1. The van der Waals surface area contributed by atoms with Crippen molar-refractivity contribution < 1.29 is 9.53 Å². The van der Waals surface area contributed by atoms with E-state index in [1.54, 1.807) is 0 Å².